The Morgan fingerprint density at radius 1 is 0.900 bits per heavy atom. The largest absolute Gasteiger partial charge is 0.457 e. The van der Waals surface area contributed by atoms with Crippen LogP contribution in [0.5, 0.6) is 11.5 Å². The van der Waals surface area contributed by atoms with E-state index in [0.717, 1.165) is 49.1 Å². The first-order chi connectivity index (χ1) is 14.7. The van der Waals surface area contributed by atoms with Gasteiger partial charge in [0.15, 0.2) is 6.54 Å². The third-order valence-electron chi connectivity index (χ3n) is 5.19. The fraction of sp³-hybridized carbons (Fsp3) is 0.208. The lowest BCUT2D eigenvalue weighted by Crippen LogP contribution is -3.15. The van der Waals surface area contributed by atoms with Crippen LogP contribution < -0.4 is 19.9 Å². The van der Waals surface area contributed by atoms with Crippen molar-refractivity contribution in [3.8, 4) is 11.5 Å². The van der Waals surface area contributed by atoms with Gasteiger partial charge in [-0.25, -0.2) is 4.39 Å². The molecule has 0 bridgehead atoms. The van der Waals surface area contributed by atoms with Gasteiger partial charge in [0, 0.05) is 11.4 Å². The Morgan fingerprint density at radius 2 is 1.53 bits per heavy atom. The molecule has 1 amide bonds. The van der Waals surface area contributed by atoms with Gasteiger partial charge in [-0.1, -0.05) is 18.2 Å². The number of rotatable bonds is 6. The monoisotopic (exact) mass is 406 g/mol. The molecule has 30 heavy (non-hydrogen) atoms. The molecule has 1 aliphatic rings. The highest BCUT2D eigenvalue weighted by atomic mass is 19.1. The lowest BCUT2D eigenvalue weighted by molar-refractivity contribution is -0.892. The van der Waals surface area contributed by atoms with Crippen molar-refractivity contribution in [2.45, 2.75) is 0 Å². The van der Waals surface area contributed by atoms with Crippen LogP contribution in [0.1, 0.15) is 0 Å². The molecule has 5 nitrogen and oxygen atoms in total. The summed E-state index contributed by atoms with van der Waals surface area (Å²) in [6.45, 7) is 3.86. The van der Waals surface area contributed by atoms with E-state index < -0.39 is 0 Å². The molecule has 1 fully saturated rings. The van der Waals surface area contributed by atoms with Gasteiger partial charge in [0.05, 0.1) is 26.2 Å². The molecule has 3 aromatic rings. The summed E-state index contributed by atoms with van der Waals surface area (Å²) in [7, 11) is 0. The second kappa shape index (κ2) is 9.41. The first-order valence-electron chi connectivity index (χ1n) is 10.1. The number of carbonyl (C=O) groups excluding carboxylic acids is 1. The Balaban J connectivity index is 1.23. The molecule has 0 aromatic heterocycles. The summed E-state index contributed by atoms with van der Waals surface area (Å²) in [5, 5.41) is 2.96. The Kier molecular flexibility index (Phi) is 6.25. The standard InChI is InChI=1S/C24H24FN3O2/c25-19-6-10-21(11-7-19)28-16-14-27(15-17-28)18-24(29)26-20-8-12-23(13-9-20)30-22-4-2-1-3-5-22/h1-13H,14-18H2,(H,26,29)/p+1. The number of anilines is 2. The Bertz CT molecular complexity index is 954. The second-order valence-electron chi connectivity index (χ2n) is 7.38. The number of ether oxygens (including phenoxy) is 1. The van der Waals surface area contributed by atoms with Gasteiger partial charge in [0.2, 0.25) is 0 Å². The van der Waals surface area contributed by atoms with Crippen LogP contribution >= 0.6 is 0 Å². The van der Waals surface area contributed by atoms with Gasteiger partial charge in [0.1, 0.15) is 17.3 Å². The number of hydrogen-bond acceptors (Lipinski definition) is 3. The van der Waals surface area contributed by atoms with Gasteiger partial charge in [-0.2, -0.15) is 0 Å². The highest BCUT2D eigenvalue weighted by Crippen LogP contribution is 2.22. The molecule has 4 rings (SSSR count). The SMILES string of the molecule is O=C(C[NH+]1CCN(c2ccc(F)cc2)CC1)Nc1ccc(Oc2ccccc2)cc1. The first-order valence-corrected chi connectivity index (χ1v) is 10.1. The number of nitrogens with one attached hydrogen (secondary N) is 2. The van der Waals surface area contributed by atoms with Crippen molar-refractivity contribution in [1.29, 1.82) is 0 Å². The summed E-state index contributed by atoms with van der Waals surface area (Å²) in [6, 6.07) is 23.5. The van der Waals surface area contributed by atoms with Gasteiger partial charge in [-0.05, 0) is 60.7 Å². The van der Waals surface area contributed by atoms with Crippen LogP contribution in [0, 0.1) is 5.82 Å². The Hall–Kier alpha value is -3.38. The van der Waals surface area contributed by atoms with Crippen LogP contribution in [-0.2, 0) is 4.79 Å². The normalized spacial score (nSPS) is 14.4. The number of carbonyl (C=O) groups is 1. The second-order valence-corrected chi connectivity index (χ2v) is 7.38. The van der Waals surface area contributed by atoms with Crippen molar-refractivity contribution in [1.82, 2.24) is 0 Å². The van der Waals surface area contributed by atoms with E-state index in [4.69, 9.17) is 4.74 Å². The predicted molar refractivity (Wildman–Crippen MR) is 116 cm³/mol. The molecule has 1 heterocycles. The minimum absolute atomic E-state index is 0.00281. The first kappa shape index (κ1) is 19.9. The molecule has 3 aromatic carbocycles. The lowest BCUT2D eigenvalue weighted by atomic mass is 10.2. The molecular formula is C24H25FN3O2+. The number of para-hydroxylation sites is 1. The number of amides is 1. The summed E-state index contributed by atoms with van der Waals surface area (Å²) >= 11 is 0. The van der Waals surface area contributed by atoms with E-state index in [2.05, 4.69) is 10.2 Å². The Morgan fingerprint density at radius 3 is 2.20 bits per heavy atom. The molecule has 1 saturated heterocycles. The summed E-state index contributed by atoms with van der Waals surface area (Å²) in [5.41, 5.74) is 1.78. The maximum Gasteiger partial charge on any atom is 0.279 e. The zero-order valence-electron chi connectivity index (χ0n) is 16.7. The van der Waals surface area contributed by atoms with Gasteiger partial charge >= 0.3 is 0 Å². The number of quaternary nitrogens is 1. The van der Waals surface area contributed by atoms with Crippen LogP contribution in [-0.4, -0.2) is 38.6 Å². The lowest BCUT2D eigenvalue weighted by Gasteiger charge is -2.33. The fourth-order valence-corrected chi connectivity index (χ4v) is 3.57. The number of nitrogens with zero attached hydrogens (tertiary/aromatic N) is 1. The van der Waals surface area contributed by atoms with Crippen molar-refractivity contribution in [2.75, 3.05) is 42.9 Å². The molecule has 0 atom stereocenters. The van der Waals surface area contributed by atoms with Gasteiger partial charge in [-0.15, -0.1) is 0 Å². The quantitative estimate of drug-likeness (QED) is 0.662. The summed E-state index contributed by atoms with van der Waals surface area (Å²) in [5.74, 6) is 1.27. The molecule has 154 valence electrons. The zero-order chi connectivity index (χ0) is 20.8. The van der Waals surface area contributed by atoms with Crippen molar-refractivity contribution in [3.63, 3.8) is 0 Å². The van der Waals surface area contributed by atoms with Gasteiger partial charge < -0.3 is 19.9 Å². The molecule has 0 spiro atoms. The number of piperazine rings is 1. The van der Waals surface area contributed by atoms with Crippen LogP contribution in [0.15, 0.2) is 78.9 Å². The molecular weight excluding hydrogens is 381 g/mol. The van der Waals surface area contributed by atoms with Crippen LogP contribution in [0.3, 0.4) is 0 Å². The highest BCUT2D eigenvalue weighted by Gasteiger charge is 2.22. The van der Waals surface area contributed by atoms with Crippen molar-refractivity contribution >= 4 is 17.3 Å². The number of benzene rings is 3. The minimum Gasteiger partial charge on any atom is -0.457 e. The van der Waals surface area contributed by atoms with Crippen LogP contribution in [0.4, 0.5) is 15.8 Å². The third kappa shape index (κ3) is 5.36. The maximum absolute atomic E-state index is 13.1. The molecule has 0 radical (unpaired) electrons. The Labute approximate surface area is 175 Å². The molecule has 0 aliphatic carbocycles. The minimum atomic E-state index is -0.223. The third-order valence-corrected chi connectivity index (χ3v) is 5.19. The average Bonchev–Trinajstić information content (AvgIpc) is 2.77. The summed E-state index contributed by atoms with van der Waals surface area (Å²) in [4.78, 5) is 15.9. The van der Waals surface area contributed by atoms with E-state index in [-0.39, 0.29) is 11.7 Å². The maximum atomic E-state index is 13.1. The zero-order valence-corrected chi connectivity index (χ0v) is 16.7. The molecule has 1 aliphatic heterocycles. The van der Waals surface area contributed by atoms with Crippen molar-refractivity contribution in [2.24, 2.45) is 0 Å². The smallest absolute Gasteiger partial charge is 0.279 e. The van der Waals surface area contributed by atoms with E-state index in [9.17, 15) is 9.18 Å². The number of hydrogen-bond donors (Lipinski definition) is 2. The van der Waals surface area contributed by atoms with Crippen molar-refractivity contribution < 1.29 is 18.8 Å². The highest BCUT2D eigenvalue weighted by molar-refractivity contribution is 5.91. The molecule has 0 unspecified atom stereocenters. The average molecular weight is 406 g/mol. The molecule has 6 heteroatoms. The molecule has 0 saturated carbocycles. The fourth-order valence-electron chi connectivity index (χ4n) is 3.57. The molecule has 2 N–H and O–H groups in total. The topological polar surface area (TPSA) is 46.0 Å². The van der Waals surface area contributed by atoms with Crippen molar-refractivity contribution in [3.05, 3.63) is 84.7 Å². The van der Waals surface area contributed by atoms with E-state index in [0.29, 0.717) is 6.54 Å². The van der Waals surface area contributed by atoms with E-state index in [1.165, 1.54) is 17.0 Å². The van der Waals surface area contributed by atoms with Gasteiger partial charge in [-0.3, -0.25) is 4.79 Å². The van der Waals surface area contributed by atoms with E-state index >= 15 is 0 Å². The predicted octanol–water partition coefficient (Wildman–Crippen LogP) is 2.96. The van der Waals surface area contributed by atoms with Gasteiger partial charge in [0.25, 0.3) is 5.91 Å². The van der Waals surface area contributed by atoms with E-state index in [1.807, 2.05) is 54.6 Å². The van der Waals surface area contributed by atoms with Crippen LogP contribution in [0.25, 0.3) is 0 Å². The van der Waals surface area contributed by atoms with Crippen LogP contribution in [0.2, 0.25) is 0 Å². The number of halogens is 1. The van der Waals surface area contributed by atoms with E-state index in [1.54, 1.807) is 12.1 Å². The summed E-state index contributed by atoms with van der Waals surface area (Å²) in [6.07, 6.45) is 0. The summed E-state index contributed by atoms with van der Waals surface area (Å²) < 4.78 is 18.9.